The van der Waals surface area contributed by atoms with Crippen LogP contribution in [0.3, 0.4) is 0 Å². The lowest BCUT2D eigenvalue weighted by molar-refractivity contribution is 0.0587. The molecule has 0 unspecified atom stereocenters. The van der Waals surface area contributed by atoms with Crippen molar-refractivity contribution in [2.24, 2.45) is 0 Å². The number of amides is 1. The van der Waals surface area contributed by atoms with Crippen molar-refractivity contribution in [3.8, 4) is 5.75 Å². The highest BCUT2D eigenvalue weighted by atomic mass is 16.5. The van der Waals surface area contributed by atoms with Gasteiger partial charge in [-0.25, -0.2) is 14.4 Å². The number of rotatable bonds is 5. The van der Waals surface area contributed by atoms with E-state index in [1.54, 1.807) is 18.2 Å². The molecular weight excluding hydrogens is 394 g/mol. The third-order valence-corrected chi connectivity index (χ3v) is 4.28. The van der Waals surface area contributed by atoms with Crippen LogP contribution in [0.2, 0.25) is 0 Å². The molecule has 3 aromatic rings. The van der Waals surface area contributed by atoms with Crippen molar-refractivity contribution < 1.29 is 33.0 Å². The number of nitrogens with one attached hydrogen (secondary N) is 1. The van der Waals surface area contributed by atoms with Crippen LogP contribution in [0.1, 0.15) is 31.1 Å². The molecule has 1 amide bonds. The molecule has 0 spiro atoms. The number of anilines is 1. The van der Waals surface area contributed by atoms with Gasteiger partial charge in [-0.3, -0.25) is 4.79 Å². The zero-order chi connectivity index (χ0) is 21.8. The molecule has 0 bridgehead atoms. The van der Waals surface area contributed by atoms with E-state index in [0.29, 0.717) is 11.1 Å². The summed E-state index contributed by atoms with van der Waals surface area (Å²) < 4.78 is 19.7. The largest absolute Gasteiger partial charge is 0.493 e. The van der Waals surface area contributed by atoms with E-state index < -0.39 is 23.5 Å². The van der Waals surface area contributed by atoms with Crippen LogP contribution in [0, 0.1) is 0 Å². The third kappa shape index (κ3) is 3.86. The highest BCUT2D eigenvalue weighted by molar-refractivity contribution is 6.09. The predicted octanol–water partition coefficient (Wildman–Crippen LogP) is 2.63. The number of methoxy groups -OCH3 is 3. The predicted molar refractivity (Wildman–Crippen MR) is 106 cm³/mol. The number of carbonyl (C=O) groups excluding carboxylic acids is 3. The number of esters is 2. The van der Waals surface area contributed by atoms with Gasteiger partial charge in [-0.05, 0) is 30.3 Å². The fraction of sp³-hybridized carbons (Fsp3) is 0.143. The van der Waals surface area contributed by atoms with Gasteiger partial charge in [0.2, 0.25) is 0 Å². The van der Waals surface area contributed by atoms with E-state index in [1.807, 2.05) is 0 Å². The lowest BCUT2D eigenvalue weighted by Crippen LogP contribution is -2.22. The van der Waals surface area contributed by atoms with Crippen LogP contribution in [-0.2, 0) is 9.47 Å². The quantitative estimate of drug-likeness (QED) is 0.502. The van der Waals surface area contributed by atoms with Crippen molar-refractivity contribution in [1.29, 1.82) is 0 Å². The molecule has 30 heavy (non-hydrogen) atoms. The van der Waals surface area contributed by atoms with Crippen molar-refractivity contribution in [2.75, 3.05) is 26.6 Å². The molecule has 0 aliphatic rings. The highest BCUT2D eigenvalue weighted by Crippen LogP contribution is 2.25. The van der Waals surface area contributed by atoms with Crippen LogP contribution >= 0.6 is 0 Å². The molecule has 0 aliphatic carbocycles. The maximum Gasteiger partial charge on any atom is 0.349 e. The van der Waals surface area contributed by atoms with Crippen LogP contribution < -0.4 is 15.7 Å². The summed E-state index contributed by atoms with van der Waals surface area (Å²) in [5.74, 6) is -1.90. The summed E-state index contributed by atoms with van der Waals surface area (Å²) in [6, 6.07) is 10.2. The second kappa shape index (κ2) is 8.48. The molecule has 3 rings (SSSR count). The Morgan fingerprint density at radius 3 is 2.30 bits per heavy atom. The van der Waals surface area contributed by atoms with E-state index >= 15 is 0 Å². The standard InChI is InChI=1S/C21H17NO8/c1-27-16-6-4-5-11-9-14(21(26)30-17(11)16)18(23)22-15-10-12(19(24)28-2)7-8-13(15)20(25)29-3/h4-10H,1-3H3,(H,22,23). The normalized spacial score (nSPS) is 10.4. The third-order valence-electron chi connectivity index (χ3n) is 4.28. The topological polar surface area (TPSA) is 121 Å². The summed E-state index contributed by atoms with van der Waals surface area (Å²) in [5, 5.41) is 2.92. The molecule has 1 N–H and O–H groups in total. The SMILES string of the molecule is COC(=O)c1ccc(C(=O)OC)c(NC(=O)c2cc3cccc(OC)c3oc2=O)c1. The number of benzene rings is 2. The fourth-order valence-electron chi connectivity index (χ4n) is 2.81. The zero-order valence-corrected chi connectivity index (χ0v) is 16.3. The number of hydrogen-bond donors (Lipinski definition) is 1. The van der Waals surface area contributed by atoms with Crippen LogP contribution in [0.4, 0.5) is 5.69 Å². The Morgan fingerprint density at radius 1 is 0.900 bits per heavy atom. The van der Waals surface area contributed by atoms with Gasteiger partial charge in [0.25, 0.3) is 5.91 Å². The lowest BCUT2D eigenvalue weighted by atomic mass is 10.1. The summed E-state index contributed by atoms with van der Waals surface area (Å²) in [6.07, 6.45) is 0. The first-order chi connectivity index (χ1) is 14.4. The molecule has 154 valence electrons. The molecule has 1 heterocycles. The maximum atomic E-state index is 12.8. The molecule has 1 aromatic heterocycles. The van der Waals surface area contributed by atoms with Gasteiger partial charge >= 0.3 is 17.6 Å². The van der Waals surface area contributed by atoms with Crippen LogP contribution in [0.25, 0.3) is 11.0 Å². The fourth-order valence-corrected chi connectivity index (χ4v) is 2.81. The van der Waals surface area contributed by atoms with Gasteiger partial charge in [0, 0.05) is 5.39 Å². The van der Waals surface area contributed by atoms with Gasteiger partial charge in [0.15, 0.2) is 11.3 Å². The number of hydrogen-bond acceptors (Lipinski definition) is 8. The first-order valence-electron chi connectivity index (χ1n) is 8.62. The molecule has 9 nitrogen and oxygen atoms in total. The summed E-state index contributed by atoms with van der Waals surface area (Å²) >= 11 is 0. The van der Waals surface area contributed by atoms with E-state index in [-0.39, 0.29) is 28.0 Å². The van der Waals surface area contributed by atoms with E-state index in [1.165, 1.54) is 45.6 Å². The average Bonchev–Trinajstić information content (AvgIpc) is 2.76. The Kier molecular flexibility index (Phi) is 5.82. The van der Waals surface area contributed by atoms with Gasteiger partial charge in [0.05, 0.1) is 38.1 Å². The van der Waals surface area contributed by atoms with E-state index in [9.17, 15) is 19.2 Å². The number of fused-ring (bicyclic) bond motifs is 1. The number of ether oxygens (including phenoxy) is 3. The second-order valence-corrected chi connectivity index (χ2v) is 6.02. The molecule has 0 radical (unpaired) electrons. The minimum Gasteiger partial charge on any atom is -0.493 e. The minimum absolute atomic E-state index is 0.00894. The molecule has 0 aliphatic heterocycles. The molecule has 9 heteroatoms. The summed E-state index contributed by atoms with van der Waals surface area (Å²) in [6.45, 7) is 0. The van der Waals surface area contributed by atoms with Crippen molar-refractivity contribution in [3.63, 3.8) is 0 Å². The van der Waals surface area contributed by atoms with Gasteiger partial charge < -0.3 is 23.9 Å². The molecule has 0 saturated carbocycles. The Bertz CT molecular complexity index is 1210. The first-order valence-corrected chi connectivity index (χ1v) is 8.62. The molecule has 0 atom stereocenters. The van der Waals surface area contributed by atoms with Crippen molar-refractivity contribution in [3.05, 3.63) is 69.6 Å². The van der Waals surface area contributed by atoms with Gasteiger partial charge in [0.1, 0.15) is 5.56 Å². The second-order valence-electron chi connectivity index (χ2n) is 6.02. The van der Waals surface area contributed by atoms with E-state index in [2.05, 4.69) is 10.1 Å². The highest BCUT2D eigenvalue weighted by Gasteiger charge is 2.20. The van der Waals surface area contributed by atoms with Gasteiger partial charge in [-0.2, -0.15) is 0 Å². The van der Waals surface area contributed by atoms with Crippen molar-refractivity contribution >= 4 is 34.5 Å². The summed E-state index contributed by atoms with van der Waals surface area (Å²) in [4.78, 5) is 49.0. The number of carbonyl (C=O) groups is 3. The smallest absolute Gasteiger partial charge is 0.349 e. The van der Waals surface area contributed by atoms with Crippen LogP contribution in [0.5, 0.6) is 5.75 Å². The minimum atomic E-state index is -0.895. The molecule has 0 fully saturated rings. The van der Waals surface area contributed by atoms with Gasteiger partial charge in [-0.1, -0.05) is 12.1 Å². The Balaban J connectivity index is 2.05. The van der Waals surface area contributed by atoms with Crippen molar-refractivity contribution in [1.82, 2.24) is 0 Å². The van der Waals surface area contributed by atoms with Crippen LogP contribution in [0.15, 0.2) is 51.7 Å². The zero-order valence-electron chi connectivity index (χ0n) is 16.3. The van der Waals surface area contributed by atoms with E-state index in [4.69, 9.17) is 13.9 Å². The monoisotopic (exact) mass is 411 g/mol. The Morgan fingerprint density at radius 2 is 1.63 bits per heavy atom. The van der Waals surface area contributed by atoms with Crippen molar-refractivity contribution in [2.45, 2.75) is 0 Å². The summed E-state index contributed by atoms with van der Waals surface area (Å²) in [7, 11) is 3.80. The number of para-hydroxylation sites is 1. The molecule has 0 saturated heterocycles. The Hall–Kier alpha value is -4.14. The van der Waals surface area contributed by atoms with E-state index in [0.717, 1.165) is 0 Å². The van der Waals surface area contributed by atoms with Crippen LogP contribution in [-0.4, -0.2) is 39.2 Å². The lowest BCUT2D eigenvalue weighted by Gasteiger charge is -2.11. The average molecular weight is 411 g/mol. The Labute approximate surface area is 170 Å². The molecule has 2 aromatic carbocycles. The molecular formula is C21H17NO8. The first kappa shape index (κ1) is 20.6. The van der Waals surface area contributed by atoms with Gasteiger partial charge in [-0.15, -0.1) is 0 Å². The maximum absolute atomic E-state index is 12.8. The summed E-state index contributed by atoms with van der Waals surface area (Å²) in [5.41, 5.74) is -0.936.